The van der Waals surface area contributed by atoms with Crippen molar-refractivity contribution in [1.82, 2.24) is 9.78 Å². The minimum absolute atomic E-state index is 0.0507. The SMILES string of the molecule is Cc1cn([C@H](C)c2ccccc2)nc1NC(=O)[C@@H](O)Cc1ccccc1. The molecule has 2 atom stereocenters. The zero-order valence-corrected chi connectivity index (χ0v) is 15.0. The molecule has 0 aliphatic rings. The summed E-state index contributed by atoms with van der Waals surface area (Å²) in [6.45, 7) is 3.94. The van der Waals surface area contributed by atoms with E-state index in [1.54, 1.807) is 0 Å². The van der Waals surface area contributed by atoms with Crippen LogP contribution in [0.1, 0.15) is 29.7 Å². The molecule has 3 aromatic rings. The van der Waals surface area contributed by atoms with E-state index in [4.69, 9.17) is 0 Å². The fourth-order valence-corrected chi connectivity index (χ4v) is 2.82. The van der Waals surface area contributed by atoms with Crippen molar-refractivity contribution in [3.63, 3.8) is 0 Å². The Morgan fingerprint density at radius 2 is 1.73 bits per heavy atom. The molecule has 0 radical (unpaired) electrons. The zero-order chi connectivity index (χ0) is 18.5. The minimum atomic E-state index is -1.12. The first kappa shape index (κ1) is 17.9. The van der Waals surface area contributed by atoms with Crippen LogP contribution < -0.4 is 5.32 Å². The summed E-state index contributed by atoms with van der Waals surface area (Å²) in [5.41, 5.74) is 2.90. The molecule has 1 amide bonds. The van der Waals surface area contributed by atoms with Crippen LogP contribution in [0.5, 0.6) is 0 Å². The second-order valence-electron chi connectivity index (χ2n) is 6.42. The highest BCUT2D eigenvalue weighted by molar-refractivity contribution is 5.93. The molecular weight excluding hydrogens is 326 g/mol. The van der Waals surface area contributed by atoms with Crippen LogP contribution in [-0.2, 0) is 11.2 Å². The van der Waals surface area contributed by atoms with Gasteiger partial charge in [-0.2, -0.15) is 5.10 Å². The van der Waals surface area contributed by atoms with Crippen molar-refractivity contribution in [1.29, 1.82) is 0 Å². The summed E-state index contributed by atoms with van der Waals surface area (Å²) >= 11 is 0. The van der Waals surface area contributed by atoms with Crippen molar-refractivity contribution in [3.8, 4) is 0 Å². The topological polar surface area (TPSA) is 67.2 Å². The van der Waals surface area contributed by atoms with Crippen molar-refractivity contribution >= 4 is 11.7 Å². The third kappa shape index (κ3) is 4.18. The monoisotopic (exact) mass is 349 g/mol. The number of nitrogens with one attached hydrogen (secondary N) is 1. The molecule has 5 heteroatoms. The average Bonchev–Trinajstić information content (AvgIpc) is 3.03. The maximum atomic E-state index is 12.3. The van der Waals surface area contributed by atoms with Gasteiger partial charge in [0.2, 0.25) is 0 Å². The average molecular weight is 349 g/mol. The van der Waals surface area contributed by atoms with Gasteiger partial charge in [0.25, 0.3) is 5.91 Å². The van der Waals surface area contributed by atoms with E-state index in [1.165, 1.54) is 0 Å². The summed E-state index contributed by atoms with van der Waals surface area (Å²) in [4.78, 5) is 12.3. The summed E-state index contributed by atoms with van der Waals surface area (Å²) < 4.78 is 1.82. The van der Waals surface area contributed by atoms with Gasteiger partial charge in [-0.25, -0.2) is 0 Å². The molecule has 0 unspecified atom stereocenters. The summed E-state index contributed by atoms with van der Waals surface area (Å²) in [7, 11) is 0. The highest BCUT2D eigenvalue weighted by atomic mass is 16.3. The van der Waals surface area contributed by atoms with Gasteiger partial charge in [-0.3, -0.25) is 9.48 Å². The highest BCUT2D eigenvalue weighted by Crippen LogP contribution is 2.21. The lowest BCUT2D eigenvalue weighted by Crippen LogP contribution is -2.30. The second-order valence-corrected chi connectivity index (χ2v) is 6.42. The predicted molar refractivity (Wildman–Crippen MR) is 102 cm³/mol. The van der Waals surface area contributed by atoms with Gasteiger partial charge in [-0.15, -0.1) is 0 Å². The van der Waals surface area contributed by atoms with Gasteiger partial charge in [-0.1, -0.05) is 60.7 Å². The molecule has 2 aromatic carbocycles. The molecule has 0 bridgehead atoms. The van der Waals surface area contributed by atoms with E-state index in [-0.39, 0.29) is 12.5 Å². The number of aliphatic hydroxyl groups is 1. The molecule has 0 aliphatic heterocycles. The Kier molecular flexibility index (Phi) is 5.49. The first-order valence-electron chi connectivity index (χ1n) is 8.68. The van der Waals surface area contributed by atoms with Crippen molar-refractivity contribution < 1.29 is 9.90 Å². The van der Waals surface area contributed by atoms with Gasteiger partial charge in [0.05, 0.1) is 6.04 Å². The van der Waals surface area contributed by atoms with Crippen LogP contribution in [0.4, 0.5) is 5.82 Å². The number of anilines is 1. The predicted octanol–water partition coefficient (Wildman–Crippen LogP) is 3.34. The van der Waals surface area contributed by atoms with E-state index in [0.717, 1.165) is 16.7 Å². The van der Waals surface area contributed by atoms with Crippen LogP contribution in [0.2, 0.25) is 0 Å². The van der Waals surface area contributed by atoms with Crippen molar-refractivity contribution in [3.05, 3.63) is 83.6 Å². The molecule has 1 aromatic heterocycles. The highest BCUT2D eigenvalue weighted by Gasteiger charge is 2.19. The van der Waals surface area contributed by atoms with E-state index in [0.29, 0.717) is 5.82 Å². The lowest BCUT2D eigenvalue weighted by molar-refractivity contribution is -0.123. The van der Waals surface area contributed by atoms with Crippen LogP contribution in [0.3, 0.4) is 0 Å². The molecule has 1 heterocycles. The summed E-state index contributed by atoms with van der Waals surface area (Å²) in [5.74, 6) is 0.0273. The minimum Gasteiger partial charge on any atom is -0.383 e. The number of hydrogen-bond acceptors (Lipinski definition) is 3. The molecule has 0 aliphatic carbocycles. The molecule has 0 saturated heterocycles. The van der Waals surface area contributed by atoms with E-state index in [2.05, 4.69) is 17.3 Å². The number of carbonyl (C=O) groups excluding carboxylic acids is 1. The van der Waals surface area contributed by atoms with Crippen LogP contribution in [0.15, 0.2) is 66.9 Å². The largest absolute Gasteiger partial charge is 0.383 e. The number of benzene rings is 2. The lowest BCUT2D eigenvalue weighted by atomic mass is 10.1. The molecule has 0 fully saturated rings. The number of hydrogen-bond donors (Lipinski definition) is 2. The van der Waals surface area contributed by atoms with E-state index < -0.39 is 12.0 Å². The van der Waals surface area contributed by atoms with Gasteiger partial charge in [0.15, 0.2) is 5.82 Å². The molecule has 0 saturated carbocycles. The van der Waals surface area contributed by atoms with Gasteiger partial charge in [-0.05, 0) is 25.0 Å². The fraction of sp³-hybridized carbons (Fsp3) is 0.238. The van der Waals surface area contributed by atoms with Gasteiger partial charge >= 0.3 is 0 Å². The Morgan fingerprint density at radius 1 is 1.12 bits per heavy atom. The summed E-state index contributed by atoms with van der Waals surface area (Å²) in [6.07, 6.45) is 1.05. The van der Waals surface area contributed by atoms with Crippen molar-refractivity contribution in [2.24, 2.45) is 0 Å². The molecule has 0 spiro atoms. The molecular formula is C21H23N3O2. The van der Waals surface area contributed by atoms with E-state index in [1.807, 2.05) is 78.5 Å². The Hall–Kier alpha value is -2.92. The van der Waals surface area contributed by atoms with Crippen LogP contribution in [-0.4, -0.2) is 26.9 Å². The summed E-state index contributed by atoms with van der Waals surface area (Å²) in [6, 6.07) is 19.5. The number of rotatable bonds is 6. The number of carbonyl (C=O) groups is 1. The maximum absolute atomic E-state index is 12.3. The zero-order valence-electron chi connectivity index (χ0n) is 15.0. The number of aryl methyl sites for hydroxylation is 1. The Labute approximate surface area is 153 Å². The van der Waals surface area contributed by atoms with Crippen LogP contribution in [0.25, 0.3) is 0 Å². The van der Waals surface area contributed by atoms with E-state index in [9.17, 15) is 9.90 Å². The molecule has 3 rings (SSSR count). The Bertz CT molecular complexity index is 859. The first-order valence-corrected chi connectivity index (χ1v) is 8.68. The fourth-order valence-electron chi connectivity index (χ4n) is 2.82. The van der Waals surface area contributed by atoms with Crippen molar-refractivity contribution in [2.75, 3.05) is 5.32 Å². The molecule has 2 N–H and O–H groups in total. The van der Waals surface area contributed by atoms with Gasteiger partial charge < -0.3 is 10.4 Å². The molecule has 26 heavy (non-hydrogen) atoms. The second kappa shape index (κ2) is 7.97. The van der Waals surface area contributed by atoms with Crippen LogP contribution in [0, 0.1) is 6.92 Å². The standard InChI is InChI=1S/C21H23N3O2/c1-15-14-24(16(2)18-11-7-4-8-12-18)23-20(15)22-21(26)19(25)13-17-9-5-3-6-10-17/h3-12,14,16,19,25H,13H2,1-2H3,(H,22,23,26)/t16-,19+/m1/s1. The molecule has 5 nitrogen and oxygen atoms in total. The third-order valence-corrected chi connectivity index (χ3v) is 4.41. The lowest BCUT2D eigenvalue weighted by Gasteiger charge is -2.13. The number of aliphatic hydroxyl groups excluding tert-OH is 1. The maximum Gasteiger partial charge on any atom is 0.254 e. The molecule has 134 valence electrons. The number of aromatic nitrogens is 2. The van der Waals surface area contributed by atoms with Crippen LogP contribution >= 0.6 is 0 Å². The normalized spacial score (nSPS) is 13.2. The first-order chi connectivity index (χ1) is 12.5. The summed E-state index contributed by atoms with van der Waals surface area (Å²) in [5, 5.41) is 17.4. The van der Waals surface area contributed by atoms with Gasteiger partial charge in [0.1, 0.15) is 6.10 Å². The Balaban J connectivity index is 1.68. The number of nitrogens with zero attached hydrogens (tertiary/aromatic N) is 2. The Morgan fingerprint density at radius 3 is 2.38 bits per heavy atom. The van der Waals surface area contributed by atoms with Crippen molar-refractivity contribution in [2.45, 2.75) is 32.4 Å². The third-order valence-electron chi connectivity index (χ3n) is 4.41. The smallest absolute Gasteiger partial charge is 0.254 e. The quantitative estimate of drug-likeness (QED) is 0.717. The van der Waals surface area contributed by atoms with E-state index >= 15 is 0 Å². The van der Waals surface area contributed by atoms with Gasteiger partial charge in [0, 0.05) is 18.2 Å². The number of amides is 1.